The molecule has 1 aromatic heterocycles. The standard InChI is InChI=1S/C15H13ClN2O2/c1-2-19-13-6-3-9(7-11(13)16)15-18-12-5-4-10(17)8-14(12)20-15/h3-8H,2,17H2,1H3. The van der Waals surface area contributed by atoms with Crippen LogP contribution in [0, 0.1) is 0 Å². The second-order valence-electron chi connectivity index (χ2n) is 4.32. The van der Waals surface area contributed by atoms with E-state index in [1.165, 1.54) is 0 Å². The zero-order chi connectivity index (χ0) is 14.1. The molecule has 0 saturated heterocycles. The molecule has 3 aromatic rings. The number of hydrogen-bond acceptors (Lipinski definition) is 4. The Kier molecular flexibility index (Phi) is 3.24. The normalized spacial score (nSPS) is 10.9. The molecule has 0 fully saturated rings. The molecule has 1 heterocycles. The summed E-state index contributed by atoms with van der Waals surface area (Å²) in [6.07, 6.45) is 0. The Morgan fingerprint density at radius 1 is 1.25 bits per heavy atom. The number of oxazole rings is 1. The molecule has 0 aliphatic rings. The van der Waals surface area contributed by atoms with E-state index in [0.717, 1.165) is 11.1 Å². The lowest BCUT2D eigenvalue weighted by atomic mass is 10.2. The van der Waals surface area contributed by atoms with E-state index in [2.05, 4.69) is 4.98 Å². The van der Waals surface area contributed by atoms with Gasteiger partial charge in [-0.05, 0) is 37.3 Å². The Morgan fingerprint density at radius 2 is 2.10 bits per heavy atom. The molecule has 20 heavy (non-hydrogen) atoms. The Balaban J connectivity index is 2.04. The van der Waals surface area contributed by atoms with E-state index in [-0.39, 0.29) is 0 Å². The van der Waals surface area contributed by atoms with Crippen LogP contribution in [0.5, 0.6) is 5.75 Å². The van der Waals surface area contributed by atoms with Crippen LogP contribution in [0.15, 0.2) is 40.8 Å². The van der Waals surface area contributed by atoms with Crippen LogP contribution >= 0.6 is 11.6 Å². The molecule has 0 unspecified atom stereocenters. The Hall–Kier alpha value is -2.20. The van der Waals surface area contributed by atoms with Gasteiger partial charge in [0.05, 0.1) is 11.6 Å². The summed E-state index contributed by atoms with van der Waals surface area (Å²) < 4.78 is 11.1. The highest BCUT2D eigenvalue weighted by Crippen LogP contribution is 2.31. The summed E-state index contributed by atoms with van der Waals surface area (Å²) in [5.74, 6) is 1.16. The highest BCUT2D eigenvalue weighted by molar-refractivity contribution is 6.32. The second-order valence-corrected chi connectivity index (χ2v) is 4.73. The minimum atomic E-state index is 0.510. The minimum absolute atomic E-state index is 0.510. The van der Waals surface area contributed by atoms with Crippen molar-refractivity contribution in [1.29, 1.82) is 0 Å². The van der Waals surface area contributed by atoms with Crippen LogP contribution in [0.3, 0.4) is 0 Å². The molecular weight excluding hydrogens is 276 g/mol. The van der Waals surface area contributed by atoms with Crippen LogP contribution < -0.4 is 10.5 Å². The quantitative estimate of drug-likeness (QED) is 0.736. The highest BCUT2D eigenvalue weighted by Gasteiger charge is 2.11. The van der Waals surface area contributed by atoms with Crippen LogP contribution in [0.25, 0.3) is 22.6 Å². The first-order valence-electron chi connectivity index (χ1n) is 6.26. The molecule has 0 atom stereocenters. The maximum Gasteiger partial charge on any atom is 0.227 e. The van der Waals surface area contributed by atoms with Crippen molar-refractivity contribution in [2.45, 2.75) is 6.92 Å². The molecule has 0 amide bonds. The van der Waals surface area contributed by atoms with E-state index < -0.39 is 0 Å². The third-order valence-corrected chi connectivity index (χ3v) is 3.19. The van der Waals surface area contributed by atoms with E-state index in [0.29, 0.717) is 34.5 Å². The first kappa shape index (κ1) is 12.8. The molecule has 2 aromatic carbocycles. The summed E-state index contributed by atoms with van der Waals surface area (Å²) in [4.78, 5) is 4.42. The highest BCUT2D eigenvalue weighted by atomic mass is 35.5. The minimum Gasteiger partial charge on any atom is -0.492 e. The Bertz CT molecular complexity index is 768. The maximum atomic E-state index is 6.17. The third-order valence-electron chi connectivity index (χ3n) is 2.89. The van der Waals surface area contributed by atoms with Gasteiger partial charge < -0.3 is 14.9 Å². The van der Waals surface area contributed by atoms with Crippen molar-refractivity contribution >= 4 is 28.4 Å². The fourth-order valence-electron chi connectivity index (χ4n) is 1.97. The van der Waals surface area contributed by atoms with Crippen molar-refractivity contribution in [2.75, 3.05) is 12.3 Å². The van der Waals surface area contributed by atoms with Crippen LogP contribution in [0.4, 0.5) is 5.69 Å². The van der Waals surface area contributed by atoms with Crippen LogP contribution in [0.2, 0.25) is 5.02 Å². The molecule has 4 nitrogen and oxygen atoms in total. The summed E-state index contributed by atoms with van der Waals surface area (Å²) >= 11 is 6.17. The largest absolute Gasteiger partial charge is 0.492 e. The number of fused-ring (bicyclic) bond motifs is 1. The second kappa shape index (κ2) is 5.06. The summed E-state index contributed by atoms with van der Waals surface area (Å²) in [6.45, 7) is 2.48. The molecule has 2 N–H and O–H groups in total. The lowest BCUT2D eigenvalue weighted by Crippen LogP contribution is -1.92. The molecule has 0 saturated carbocycles. The number of rotatable bonds is 3. The predicted molar refractivity (Wildman–Crippen MR) is 80.0 cm³/mol. The molecular formula is C15H13ClN2O2. The van der Waals surface area contributed by atoms with Gasteiger partial charge in [-0.1, -0.05) is 11.6 Å². The van der Waals surface area contributed by atoms with Crippen molar-refractivity contribution in [3.63, 3.8) is 0 Å². The third kappa shape index (κ3) is 2.30. The van der Waals surface area contributed by atoms with Crippen molar-refractivity contribution in [3.8, 4) is 17.2 Å². The topological polar surface area (TPSA) is 61.3 Å². The fraction of sp³-hybridized carbons (Fsp3) is 0.133. The number of hydrogen-bond donors (Lipinski definition) is 1. The number of anilines is 1. The van der Waals surface area contributed by atoms with Crippen LogP contribution in [-0.2, 0) is 0 Å². The van der Waals surface area contributed by atoms with E-state index in [1.807, 2.05) is 25.1 Å². The van der Waals surface area contributed by atoms with Gasteiger partial charge >= 0.3 is 0 Å². The van der Waals surface area contributed by atoms with E-state index in [1.54, 1.807) is 18.2 Å². The summed E-state index contributed by atoms with van der Waals surface area (Å²) in [6, 6.07) is 10.8. The zero-order valence-electron chi connectivity index (χ0n) is 10.9. The van der Waals surface area contributed by atoms with E-state index in [4.69, 9.17) is 26.5 Å². The van der Waals surface area contributed by atoms with Crippen LogP contribution in [0.1, 0.15) is 6.92 Å². The maximum absolute atomic E-state index is 6.17. The SMILES string of the molecule is CCOc1ccc(-c2nc3ccc(N)cc3o2)cc1Cl. The van der Waals surface area contributed by atoms with Gasteiger partial charge in [-0.2, -0.15) is 0 Å². The average Bonchev–Trinajstić information content (AvgIpc) is 2.84. The molecule has 102 valence electrons. The van der Waals surface area contributed by atoms with Crippen molar-refractivity contribution in [1.82, 2.24) is 4.98 Å². The lowest BCUT2D eigenvalue weighted by molar-refractivity contribution is 0.340. The monoisotopic (exact) mass is 288 g/mol. The van der Waals surface area contributed by atoms with Gasteiger partial charge in [0.25, 0.3) is 0 Å². The Labute approximate surface area is 121 Å². The van der Waals surface area contributed by atoms with Gasteiger partial charge in [0.15, 0.2) is 5.58 Å². The predicted octanol–water partition coefficient (Wildman–Crippen LogP) is 4.13. The molecule has 3 rings (SSSR count). The summed E-state index contributed by atoms with van der Waals surface area (Å²) in [5, 5.41) is 0.533. The first-order valence-corrected chi connectivity index (χ1v) is 6.64. The summed E-state index contributed by atoms with van der Waals surface area (Å²) in [7, 11) is 0. The molecule has 0 aliphatic carbocycles. The number of benzene rings is 2. The number of ether oxygens (including phenoxy) is 1. The molecule has 5 heteroatoms. The van der Waals surface area contributed by atoms with E-state index >= 15 is 0 Å². The number of nitrogens with two attached hydrogens (primary N) is 1. The van der Waals surface area contributed by atoms with Crippen molar-refractivity contribution in [2.24, 2.45) is 0 Å². The molecule has 0 aliphatic heterocycles. The van der Waals surface area contributed by atoms with Crippen molar-refractivity contribution < 1.29 is 9.15 Å². The fourth-order valence-corrected chi connectivity index (χ4v) is 2.21. The van der Waals surface area contributed by atoms with Gasteiger partial charge in [0, 0.05) is 17.3 Å². The smallest absolute Gasteiger partial charge is 0.227 e. The molecule has 0 spiro atoms. The first-order chi connectivity index (χ1) is 9.67. The Morgan fingerprint density at radius 3 is 2.85 bits per heavy atom. The van der Waals surface area contributed by atoms with Gasteiger partial charge in [-0.3, -0.25) is 0 Å². The number of nitrogen functional groups attached to an aromatic ring is 1. The molecule has 0 bridgehead atoms. The van der Waals surface area contributed by atoms with E-state index in [9.17, 15) is 0 Å². The van der Waals surface area contributed by atoms with Crippen molar-refractivity contribution in [3.05, 3.63) is 41.4 Å². The van der Waals surface area contributed by atoms with Gasteiger partial charge in [0.2, 0.25) is 5.89 Å². The number of aromatic nitrogens is 1. The zero-order valence-corrected chi connectivity index (χ0v) is 11.6. The van der Waals surface area contributed by atoms with Gasteiger partial charge in [-0.15, -0.1) is 0 Å². The van der Waals surface area contributed by atoms with Gasteiger partial charge in [0.1, 0.15) is 11.3 Å². The number of halogens is 1. The average molecular weight is 289 g/mol. The van der Waals surface area contributed by atoms with Crippen LogP contribution in [-0.4, -0.2) is 11.6 Å². The van der Waals surface area contributed by atoms with Gasteiger partial charge in [-0.25, -0.2) is 4.98 Å². The number of nitrogens with zero attached hydrogens (tertiary/aromatic N) is 1. The molecule has 0 radical (unpaired) electrons. The lowest BCUT2D eigenvalue weighted by Gasteiger charge is -2.05. The summed E-state index contributed by atoms with van der Waals surface area (Å²) in [5.41, 5.74) is 8.59.